The molecule has 3 aliphatic rings. The van der Waals surface area contributed by atoms with E-state index in [9.17, 15) is 10.2 Å². The molecule has 174 valence electrons. The molecule has 3 N–H and O–H groups in total. The van der Waals surface area contributed by atoms with Gasteiger partial charge in [0.15, 0.2) is 0 Å². The van der Waals surface area contributed by atoms with Gasteiger partial charge in [0.25, 0.3) is 0 Å². The summed E-state index contributed by atoms with van der Waals surface area (Å²) in [5.41, 5.74) is 4.16. The summed E-state index contributed by atoms with van der Waals surface area (Å²) in [5.74, 6) is 3.00. The maximum absolute atomic E-state index is 10.6. The third-order valence-electron chi connectivity index (χ3n) is 8.43. The van der Waals surface area contributed by atoms with Crippen molar-refractivity contribution in [3.63, 3.8) is 0 Å². The van der Waals surface area contributed by atoms with Crippen LogP contribution in [0.5, 0.6) is 0 Å². The molecule has 0 saturated heterocycles. The first kappa shape index (κ1) is 24.5. The Hall–Kier alpha value is -1.16. The predicted octanol–water partition coefficient (Wildman–Crippen LogP) is 5.73. The van der Waals surface area contributed by atoms with Crippen molar-refractivity contribution in [3.05, 3.63) is 47.1 Å². The Morgan fingerprint density at radius 1 is 1.16 bits per heavy atom. The van der Waals surface area contributed by atoms with E-state index in [1.807, 2.05) is 0 Å². The average Bonchev–Trinajstić information content (AvgIpc) is 3.06. The van der Waals surface area contributed by atoms with E-state index in [0.29, 0.717) is 35.3 Å². The lowest BCUT2D eigenvalue weighted by Crippen LogP contribution is -2.36. The van der Waals surface area contributed by atoms with Crippen molar-refractivity contribution in [1.82, 2.24) is 0 Å². The van der Waals surface area contributed by atoms with E-state index in [1.165, 1.54) is 32.1 Å². The third kappa shape index (κ3) is 5.10. The lowest BCUT2D eigenvalue weighted by Gasteiger charge is -2.44. The van der Waals surface area contributed by atoms with Gasteiger partial charge in [0.1, 0.15) is 6.10 Å². The van der Waals surface area contributed by atoms with Gasteiger partial charge in [-0.1, -0.05) is 58.1 Å². The summed E-state index contributed by atoms with van der Waals surface area (Å²) < 4.78 is 0. The fourth-order valence-corrected chi connectivity index (χ4v) is 7.00. The molecule has 0 aromatic heterocycles. The lowest BCUT2D eigenvalue weighted by molar-refractivity contribution is 0.0893. The number of rotatable bonds is 6. The molecule has 0 aromatic rings. The highest BCUT2D eigenvalue weighted by atomic mass is 16.3. The minimum absolute atomic E-state index is 0.0150. The summed E-state index contributed by atoms with van der Waals surface area (Å²) in [6, 6.07) is 0. The van der Waals surface area contributed by atoms with Crippen LogP contribution in [-0.4, -0.2) is 34.1 Å². The molecule has 0 aromatic carbocycles. The van der Waals surface area contributed by atoms with Crippen molar-refractivity contribution in [2.45, 2.75) is 91.3 Å². The van der Waals surface area contributed by atoms with Crippen LogP contribution in [0, 0.1) is 29.1 Å². The second-order valence-corrected chi connectivity index (χ2v) is 11.0. The van der Waals surface area contributed by atoms with Crippen molar-refractivity contribution < 1.29 is 15.3 Å². The monoisotopic (exact) mass is 428 g/mol. The molecule has 0 aliphatic heterocycles. The van der Waals surface area contributed by atoms with Crippen LogP contribution < -0.4 is 0 Å². The van der Waals surface area contributed by atoms with Crippen LogP contribution in [0.15, 0.2) is 47.1 Å². The number of hydrogen-bond acceptors (Lipinski definition) is 3. The van der Waals surface area contributed by atoms with Crippen molar-refractivity contribution in [3.8, 4) is 0 Å². The molecule has 0 radical (unpaired) electrons. The molecule has 3 aliphatic carbocycles. The molecule has 3 heteroatoms. The van der Waals surface area contributed by atoms with Crippen LogP contribution in [-0.2, 0) is 0 Å². The number of allylic oxidation sites excluding steroid dienone is 3. The maximum atomic E-state index is 10.6. The minimum Gasteiger partial charge on any atom is -0.396 e. The van der Waals surface area contributed by atoms with Crippen molar-refractivity contribution in [2.24, 2.45) is 29.1 Å². The normalized spacial score (nSPS) is 39.0. The molecule has 6 atom stereocenters. The van der Waals surface area contributed by atoms with Crippen LogP contribution in [0.4, 0.5) is 0 Å². The summed E-state index contributed by atoms with van der Waals surface area (Å²) in [4.78, 5) is 0. The Bertz CT molecular complexity index is 743. The lowest BCUT2D eigenvalue weighted by atomic mass is 9.60. The van der Waals surface area contributed by atoms with Crippen LogP contribution in [0.2, 0.25) is 0 Å². The van der Waals surface area contributed by atoms with E-state index in [1.54, 1.807) is 11.6 Å². The molecule has 0 amide bonds. The van der Waals surface area contributed by atoms with Crippen molar-refractivity contribution >= 4 is 0 Å². The van der Waals surface area contributed by atoms with E-state index >= 15 is 0 Å². The molecular formula is C28H44O3. The highest BCUT2D eigenvalue weighted by Crippen LogP contribution is 2.60. The first-order chi connectivity index (χ1) is 14.7. The van der Waals surface area contributed by atoms with Gasteiger partial charge >= 0.3 is 0 Å². The van der Waals surface area contributed by atoms with Crippen molar-refractivity contribution in [2.75, 3.05) is 6.61 Å². The molecule has 0 heterocycles. The Morgan fingerprint density at radius 2 is 1.90 bits per heavy atom. The van der Waals surface area contributed by atoms with Gasteiger partial charge in [0.2, 0.25) is 0 Å². The number of fused-ring (bicyclic) bond motifs is 1. The first-order valence-electron chi connectivity index (χ1n) is 12.4. The van der Waals surface area contributed by atoms with Crippen molar-refractivity contribution in [1.29, 1.82) is 0 Å². The summed E-state index contributed by atoms with van der Waals surface area (Å²) in [6.07, 6.45) is 13.2. The molecule has 3 saturated carbocycles. The predicted molar refractivity (Wildman–Crippen MR) is 129 cm³/mol. The van der Waals surface area contributed by atoms with E-state index in [-0.39, 0.29) is 6.61 Å². The summed E-state index contributed by atoms with van der Waals surface area (Å²) >= 11 is 0. The Labute approximate surface area is 189 Å². The number of hydrogen-bond donors (Lipinski definition) is 3. The van der Waals surface area contributed by atoms with Gasteiger partial charge in [-0.3, -0.25) is 0 Å². The van der Waals surface area contributed by atoms with Gasteiger partial charge in [-0.15, -0.1) is 0 Å². The largest absolute Gasteiger partial charge is 0.396 e. The second kappa shape index (κ2) is 10.2. The number of aliphatic hydroxyl groups excluding tert-OH is 3. The Morgan fingerprint density at radius 3 is 2.58 bits per heavy atom. The molecular weight excluding hydrogens is 384 g/mol. The summed E-state index contributed by atoms with van der Waals surface area (Å²) in [7, 11) is 0. The zero-order chi connectivity index (χ0) is 22.8. The fraction of sp³-hybridized carbons (Fsp3) is 0.714. The van der Waals surface area contributed by atoms with Gasteiger partial charge in [-0.25, -0.2) is 0 Å². The van der Waals surface area contributed by atoms with Gasteiger partial charge in [0.05, 0.1) is 6.10 Å². The van der Waals surface area contributed by atoms with E-state index in [4.69, 9.17) is 5.11 Å². The fourth-order valence-electron chi connectivity index (χ4n) is 7.00. The quantitative estimate of drug-likeness (QED) is 0.474. The number of aliphatic hydroxyl groups is 3. The molecule has 0 spiro atoms. The molecule has 3 rings (SSSR count). The highest BCUT2D eigenvalue weighted by Gasteiger charge is 2.50. The van der Waals surface area contributed by atoms with Crippen LogP contribution in [0.3, 0.4) is 0 Å². The van der Waals surface area contributed by atoms with Gasteiger partial charge < -0.3 is 15.3 Å². The Balaban J connectivity index is 1.78. The minimum atomic E-state index is -0.857. The SMILES string of the molecule is C=C1/C(=C\C=C2/CCC[C@]3(C)[C@@H]([C@H](C)CC(C)C)CC[C@@H]23)C[C@@H](O)/C(=C\CCO)[C@@H]1O. The molecule has 0 unspecified atom stereocenters. The average molecular weight is 429 g/mol. The summed E-state index contributed by atoms with van der Waals surface area (Å²) in [6.45, 7) is 13.8. The standard InChI is InChI=1S/C28H44O3/c1-18(2)16-19(3)24-12-13-25-21(8-6-14-28(24,25)5)10-11-22-17-26(30)23(9-7-15-29)27(31)20(22)4/h9-11,18-19,24-27,29-31H,4,6-8,12-17H2,1-3,5H3/b21-10+,22-11-,23-9+/t19-,24-,25+,26-,27-,28-/m1/s1. The maximum Gasteiger partial charge on any atom is 0.102 e. The second-order valence-electron chi connectivity index (χ2n) is 11.0. The summed E-state index contributed by atoms with van der Waals surface area (Å²) in [5, 5.41) is 30.2. The van der Waals surface area contributed by atoms with Gasteiger partial charge in [-0.2, -0.15) is 0 Å². The topological polar surface area (TPSA) is 60.7 Å². The van der Waals surface area contributed by atoms with Crippen LogP contribution in [0.25, 0.3) is 0 Å². The molecule has 0 bridgehead atoms. The molecule has 3 fully saturated rings. The zero-order valence-electron chi connectivity index (χ0n) is 20.1. The zero-order valence-corrected chi connectivity index (χ0v) is 20.1. The van der Waals surface area contributed by atoms with Gasteiger partial charge in [-0.05, 0) is 90.8 Å². The molecule has 3 nitrogen and oxygen atoms in total. The van der Waals surface area contributed by atoms with Crippen LogP contribution in [0.1, 0.15) is 79.1 Å². The smallest absolute Gasteiger partial charge is 0.102 e. The Kier molecular flexibility index (Phi) is 8.05. The van der Waals surface area contributed by atoms with E-state index in [2.05, 4.69) is 46.4 Å². The first-order valence-corrected chi connectivity index (χ1v) is 12.4. The third-order valence-corrected chi connectivity index (χ3v) is 8.43. The molecule has 31 heavy (non-hydrogen) atoms. The van der Waals surface area contributed by atoms with E-state index in [0.717, 1.165) is 29.7 Å². The van der Waals surface area contributed by atoms with Crippen LogP contribution >= 0.6 is 0 Å². The van der Waals surface area contributed by atoms with E-state index < -0.39 is 12.2 Å². The highest BCUT2D eigenvalue weighted by molar-refractivity contribution is 5.46. The van der Waals surface area contributed by atoms with Gasteiger partial charge in [0, 0.05) is 13.0 Å².